The molecule has 25 heavy (non-hydrogen) atoms. The Hall–Kier alpha value is -2.73. The van der Waals surface area contributed by atoms with E-state index in [1.54, 1.807) is 18.2 Å². The lowest BCUT2D eigenvalue weighted by Crippen LogP contribution is -2.14. The van der Waals surface area contributed by atoms with Gasteiger partial charge in [0, 0.05) is 10.6 Å². The summed E-state index contributed by atoms with van der Waals surface area (Å²) in [5.41, 5.74) is 0.540. The van der Waals surface area contributed by atoms with E-state index in [0.717, 1.165) is 0 Å². The minimum absolute atomic E-state index is 0.174. The quantitative estimate of drug-likeness (QED) is 0.554. The molecule has 0 saturated heterocycles. The van der Waals surface area contributed by atoms with E-state index in [4.69, 9.17) is 30.5 Å². The van der Waals surface area contributed by atoms with Crippen LogP contribution in [0.1, 0.15) is 20.7 Å². The summed E-state index contributed by atoms with van der Waals surface area (Å²) in [6.45, 7) is -0.407. The maximum atomic E-state index is 12.2. The van der Waals surface area contributed by atoms with Gasteiger partial charge in [0.15, 0.2) is 23.9 Å². The summed E-state index contributed by atoms with van der Waals surface area (Å²) in [7, 11) is 4.34. The van der Waals surface area contributed by atoms with E-state index in [9.17, 15) is 9.59 Å². The second kappa shape index (κ2) is 8.39. The Morgan fingerprint density at radius 2 is 1.56 bits per heavy atom. The number of carbonyl (C=O) groups excluding carboxylic acids is 2. The molecule has 0 amide bonds. The second-order valence-corrected chi connectivity index (χ2v) is 5.36. The summed E-state index contributed by atoms with van der Waals surface area (Å²) in [5.74, 6) is -0.0561. The van der Waals surface area contributed by atoms with E-state index >= 15 is 0 Å². The highest BCUT2D eigenvalue weighted by Gasteiger charge is 2.19. The van der Waals surface area contributed by atoms with Gasteiger partial charge in [0.2, 0.25) is 5.75 Å². The predicted molar refractivity (Wildman–Crippen MR) is 92.2 cm³/mol. The minimum atomic E-state index is -0.686. The number of ketones is 1. The van der Waals surface area contributed by atoms with Crippen LogP contribution in [-0.2, 0) is 4.74 Å². The van der Waals surface area contributed by atoms with Gasteiger partial charge in [-0.2, -0.15) is 0 Å². The van der Waals surface area contributed by atoms with Gasteiger partial charge in [0.05, 0.1) is 26.9 Å². The second-order valence-electron chi connectivity index (χ2n) is 4.92. The van der Waals surface area contributed by atoms with E-state index in [0.29, 0.717) is 27.8 Å². The van der Waals surface area contributed by atoms with Crippen molar-refractivity contribution in [1.82, 2.24) is 0 Å². The molecular formula is C18H17ClO6. The maximum absolute atomic E-state index is 12.2. The highest BCUT2D eigenvalue weighted by Crippen LogP contribution is 2.38. The van der Waals surface area contributed by atoms with E-state index in [1.807, 2.05) is 0 Å². The Balaban J connectivity index is 2.14. The van der Waals surface area contributed by atoms with Crippen molar-refractivity contribution in [2.45, 2.75) is 0 Å². The Kier molecular flexibility index (Phi) is 6.25. The zero-order valence-electron chi connectivity index (χ0n) is 14.0. The topological polar surface area (TPSA) is 71.1 Å². The minimum Gasteiger partial charge on any atom is -0.493 e. The first-order valence-corrected chi connectivity index (χ1v) is 7.63. The van der Waals surface area contributed by atoms with Crippen LogP contribution in [-0.4, -0.2) is 39.7 Å². The average molecular weight is 365 g/mol. The van der Waals surface area contributed by atoms with Crippen molar-refractivity contribution in [1.29, 1.82) is 0 Å². The van der Waals surface area contributed by atoms with Gasteiger partial charge in [-0.05, 0) is 24.3 Å². The third kappa shape index (κ3) is 4.42. The third-order valence-electron chi connectivity index (χ3n) is 3.38. The Labute approximate surface area is 150 Å². The molecule has 0 radical (unpaired) electrons. The highest BCUT2D eigenvalue weighted by atomic mass is 35.5. The molecule has 132 valence electrons. The van der Waals surface area contributed by atoms with Gasteiger partial charge in [-0.15, -0.1) is 0 Å². The van der Waals surface area contributed by atoms with Crippen molar-refractivity contribution < 1.29 is 28.5 Å². The fourth-order valence-corrected chi connectivity index (χ4v) is 2.35. The number of Topliss-reactive ketones (excluding diaryl/α,β-unsaturated/α-hetero) is 1. The van der Waals surface area contributed by atoms with Crippen molar-refractivity contribution in [2.75, 3.05) is 27.9 Å². The number of methoxy groups -OCH3 is 3. The number of halogens is 1. The average Bonchev–Trinajstić information content (AvgIpc) is 2.64. The van der Waals surface area contributed by atoms with Gasteiger partial charge in [0.25, 0.3) is 0 Å². The van der Waals surface area contributed by atoms with Gasteiger partial charge in [-0.25, -0.2) is 4.79 Å². The van der Waals surface area contributed by atoms with Gasteiger partial charge in [-0.3, -0.25) is 4.79 Å². The molecule has 0 fully saturated rings. The normalized spacial score (nSPS) is 10.1. The van der Waals surface area contributed by atoms with Crippen LogP contribution in [0.4, 0.5) is 0 Å². The Morgan fingerprint density at radius 1 is 0.920 bits per heavy atom. The molecular weight excluding hydrogens is 348 g/mol. The molecule has 2 aromatic rings. The predicted octanol–water partition coefficient (Wildman–Crippen LogP) is 3.41. The summed E-state index contributed by atoms with van der Waals surface area (Å²) in [6.07, 6.45) is 0. The Bertz CT molecular complexity index is 762. The van der Waals surface area contributed by atoms with Crippen LogP contribution in [0, 0.1) is 0 Å². The molecule has 6 nitrogen and oxygen atoms in total. The van der Waals surface area contributed by atoms with Crippen molar-refractivity contribution in [2.24, 2.45) is 0 Å². The largest absolute Gasteiger partial charge is 0.493 e. The molecule has 0 bridgehead atoms. The first kappa shape index (κ1) is 18.6. The summed E-state index contributed by atoms with van der Waals surface area (Å²) in [6, 6.07) is 9.32. The van der Waals surface area contributed by atoms with Gasteiger partial charge in [-0.1, -0.05) is 23.7 Å². The van der Waals surface area contributed by atoms with Crippen LogP contribution in [0.15, 0.2) is 36.4 Å². The zero-order valence-corrected chi connectivity index (χ0v) is 14.8. The number of ether oxygens (including phenoxy) is 4. The van der Waals surface area contributed by atoms with Gasteiger partial charge < -0.3 is 18.9 Å². The molecule has 0 saturated carbocycles. The first-order chi connectivity index (χ1) is 12.0. The van der Waals surface area contributed by atoms with Crippen LogP contribution in [0.2, 0.25) is 5.02 Å². The number of hydrogen-bond donors (Lipinski definition) is 0. The molecule has 0 aliphatic rings. The van der Waals surface area contributed by atoms with Crippen molar-refractivity contribution in [3.63, 3.8) is 0 Å². The first-order valence-electron chi connectivity index (χ1n) is 7.26. The van der Waals surface area contributed by atoms with E-state index in [1.165, 1.54) is 39.5 Å². The number of rotatable bonds is 7. The van der Waals surface area contributed by atoms with Crippen LogP contribution in [0.3, 0.4) is 0 Å². The third-order valence-corrected chi connectivity index (χ3v) is 3.62. The molecule has 0 aromatic heterocycles. The lowest BCUT2D eigenvalue weighted by Gasteiger charge is -2.13. The van der Waals surface area contributed by atoms with Gasteiger partial charge >= 0.3 is 5.97 Å². The van der Waals surface area contributed by atoms with E-state index in [-0.39, 0.29) is 11.3 Å². The fraction of sp³-hybridized carbons (Fsp3) is 0.222. The van der Waals surface area contributed by atoms with Gasteiger partial charge in [0.1, 0.15) is 0 Å². The van der Waals surface area contributed by atoms with Crippen molar-refractivity contribution in [3.8, 4) is 17.2 Å². The fourth-order valence-electron chi connectivity index (χ4n) is 2.16. The maximum Gasteiger partial charge on any atom is 0.338 e. The lowest BCUT2D eigenvalue weighted by atomic mass is 10.1. The number of esters is 1. The van der Waals surface area contributed by atoms with E-state index in [2.05, 4.69) is 0 Å². The molecule has 2 aromatic carbocycles. The molecule has 0 unspecified atom stereocenters. The molecule has 7 heteroatoms. The van der Waals surface area contributed by atoms with E-state index < -0.39 is 12.6 Å². The summed E-state index contributed by atoms with van der Waals surface area (Å²) < 4.78 is 20.6. The molecule has 0 atom stereocenters. The van der Waals surface area contributed by atoms with Crippen LogP contribution in [0.25, 0.3) is 0 Å². The Morgan fingerprint density at radius 3 is 2.08 bits per heavy atom. The standard InChI is InChI=1S/C18H17ClO6/c1-22-15-8-12(9-16(23-2)17(15)24-3)18(21)25-10-14(20)11-5-4-6-13(19)7-11/h4-9H,10H2,1-3H3. The monoisotopic (exact) mass is 364 g/mol. The smallest absolute Gasteiger partial charge is 0.338 e. The SMILES string of the molecule is COc1cc(C(=O)OCC(=O)c2cccc(Cl)c2)cc(OC)c1OC. The number of benzene rings is 2. The molecule has 0 aliphatic carbocycles. The molecule has 0 aliphatic heterocycles. The van der Waals surface area contributed by atoms with Crippen LogP contribution in [0.5, 0.6) is 17.2 Å². The summed E-state index contributed by atoms with van der Waals surface area (Å²) in [4.78, 5) is 24.3. The van der Waals surface area contributed by atoms with Crippen molar-refractivity contribution in [3.05, 3.63) is 52.5 Å². The van der Waals surface area contributed by atoms with Crippen LogP contribution >= 0.6 is 11.6 Å². The van der Waals surface area contributed by atoms with Crippen molar-refractivity contribution >= 4 is 23.4 Å². The lowest BCUT2D eigenvalue weighted by molar-refractivity contribution is 0.0474. The zero-order chi connectivity index (χ0) is 18.4. The summed E-state index contributed by atoms with van der Waals surface area (Å²) in [5, 5.41) is 0.432. The molecule has 0 heterocycles. The number of carbonyl (C=O) groups is 2. The van der Waals surface area contributed by atoms with Crippen LogP contribution < -0.4 is 14.2 Å². The number of hydrogen-bond acceptors (Lipinski definition) is 6. The molecule has 0 N–H and O–H groups in total. The highest BCUT2D eigenvalue weighted by molar-refractivity contribution is 6.31. The summed E-state index contributed by atoms with van der Waals surface area (Å²) >= 11 is 5.84. The molecule has 0 spiro atoms. The molecule has 2 rings (SSSR count).